The summed E-state index contributed by atoms with van der Waals surface area (Å²) >= 11 is 0. The highest BCUT2D eigenvalue weighted by Crippen LogP contribution is 2.25. The third-order valence-corrected chi connectivity index (χ3v) is 5.33. The van der Waals surface area contributed by atoms with Crippen LogP contribution in [0.4, 0.5) is 0 Å². The first-order valence-corrected chi connectivity index (χ1v) is 9.99. The van der Waals surface area contributed by atoms with Gasteiger partial charge in [0.05, 0.1) is 13.7 Å². The summed E-state index contributed by atoms with van der Waals surface area (Å²) in [5.74, 6) is 3.72. The van der Waals surface area contributed by atoms with Crippen molar-refractivity contribution in [1.29, 1.82) is 0 Å². The fraction of sp³-hybridized carbons (Fsp3) is 0.571. The van der Waals surface area contributed by atoms with Crippen molar-refractivity contribution < 1.29 is 4.74 Å². The van der Waals surface area contributed by atoms with Crippen LogP contribution >= 0.6 is 24.0 Å². The molecule has 0 saturated heterocycles. The molecule has 0 bridgehead atoms. The van der Waals surface area contributed by atoms with Crippen molar-refractivity contribution in [3.05, 3.63) is 41.5 Å². The SMILES string of the molecule is CCc1nc2n(n1)CC(NC(=NC)NCC(C)(C)c1cccc(OC)c1)CC2.I. The Kier molecular flexibility index (Phi) is 8.30. The minimum atomic E-state index is -0.0617. The van der Waals surface area contributed by atoms with E-state index in [1.807, 2.05) is 23.9 Å². The monoisotopic (exact) mass is 512 g/mol. The predicted molar refractivity (Wildman–Crippen MR) is 127 cm³/mol. The number of hydrogen-bond donors (Lipinski definition) is 2. The zero-order chi connectivity index (χ0) is 20.1. The van der Waals surface area contributed by atoms with E-state index in [-0.39, 0.29) is 29.4 Å². The molecule has 0 radical (unpaired) electrons. The predicted octanol–water partition coefficient (Wildman–Crippen LogP) is 2.92. The third kappa shape index (κ3) is 5.83. The average Bonchev–Trinajstić information content (AvgIpc) is 3.13. The molecule has 0 saturated carbocycles. The van der Waals surface area contributed by atoms with Crippen LogP contribution in [-0.4, -0.2) is 47.5 Å². The van der Waals surface area contributed by atoms with Gasteiger partial charge in [-0.15, -0.1) is 24.0 Å². The maximum absolute atomic E-state index is 5.37. The van der Waals surface area contributed by atoms with Crippen molar-refractivity contribution in [3.8, 4) is 5.75 Å². The molecule has 1 atom stereocenters. The van der Waals surface area contributed by atoms with Gasteiger partial charge in [-0.25, -0.2) is 9.67 Å². The number of rotatable bonds is 6. The van der Waals surface area contributed by atoms with Gasteiger partial charge in [0.2, 0.25) is 0 Å². The van der Waals surface area contributed by atoms with Crippen molar-refractivity contribution in [2.45, 2.75) is 58.0 Å². The zero-order valence-electron chi connectivity index (χ0n) is 18.0. The molecule has 1 aliphatic heterocycles. The number of methoxy groups -OCH3 is 1. The lowest BCUT2D eigenvalue weighted by Crippen LogP contribution is -2.49. The van der Waals surface area contributed by atoms with Gasteiger partial charge in [0.15, 0.2) is 11.8 Å². The molecule has 8 heteroatoms. The van der Waals surface area contributed by atoms with Crippen LogP contribution in [0.2, 0.25) is 0 Å². The summed E-state index contributed by atoms with van der Waals surface area (Å²) in [4.78, 5) is 9.00. The number of benzene rings is 1. The minimum Gasteiger partial charge on any atom is -0.497 e. The number of guanidine groups is 1. The number of aliphatic imine (C=N–C) groups is 1. The van der Waals surface area contributed by atoms with Crippen LogP contribution in [0.15, 0.2) is 29.3 Å². The van der Waals surface area contributed by atoms with Crippen LogP contribution in [0.1, 0.15) is 44.4 Å². The number of halogens is 1. The van der Waals surface area contributed by atoms with Gasteiger partial charge in [-0.1, -0.05) is 32.9 Å². The smallest absolute Gasteiger partial charge is 0.191 e. The van der Waals surface area contributed by atoms with Crippen molar-refractivity contribution in [1.82, 2.24) is 25.4 Å². The Hall–Kier alpha value is -1.84. The summed E-state index contributed by atoms with van der Waals surface area (Å²) in [6.45, 7) is 8.11. The fourth-order valence-electron chi connectivity index (χ4n) is 3.47. The van der Waals surface area contributed by atoms with E-state index in [2.05, 4.69) is 58.6 Å². The fourth-order valence-corrected chi connectivity index (χ4v) is 3.47. The second-order valence-corrected chi connectivity index (χ2v) is 7.90. The number of nitrogens with one attached hydrogen (secondary N) is 2. The Morgan fingerprint density at radius 2 is 2.17 bits per heavy atom. The van der Waals surface area contributed by atoms with Crippen LogP contribution in [-0.2, 0) is 24.8 Å². The average molecular weight is 512 g/mol. The maximum atomic E-state index is 5.37. The molecule has 2 N–H and O–H groups in total. The van der Waals surface area contributed by atoms with Gasteiger partial charge in [0.1, 0.15) is 11.6 Å². The topological polar surface area (TPSA) is 76.4 Å². The van der Waals surface area contributed by atoms with Gasteiger partial charge >= 0.3 is 0 Å². The van der Waals surface area contributed by atoms with Crippen molar-refractivity contribution in [2.75, 3.05) is 20.7 Å². The van der Waals surface area contributed by atoms with E-state index in [0.717, 1.165) is 55.7 Å². The summed E-state index contributed by atoms with van der Waals surface area (Å²) in [5.41, 5.74) is 1.17. The highest BCUT2D eigenvalue weighted by molar-refractivity contribution is 14.0. The lowest BCUT2D eigenvalue weighted by molar-refractivity contribution is 0.390. The molecule has 0 amide bonds. The highest BCUT2D eigenvalue weighted by atomic mass is 127. The van der Waals surface area contributed by atoms with Gasteiger partial charge in [-0.05, 0) is 24.1 Å². The van der Waals surface area contributed by atoms with E-state index in [4.69, 9.17) is 4.74 Å². The molecule has 29 heavy (non-hydrogen) atoms. The summed E-state index contributed by atoms with van der Waals surface area (Å²) < 4.78 is 7.40. The van der Waals surface area contributed by atoms with Crippen LogP contribution in [0.5, 0.6) is 5.75 Å². The molecule has 2 aromatic rings. The summed E-state index contributed by atoms with van der Waals surface area (Å²) in [6, 6.07) is 8.53. The molecule has 0 spiro atoms. The second-order valence-electron chi connectivity index (χ2n) is 7.90. The van der Waals surface area contributed by atoms with E-state index in [9.17, 15) is 0 Å². The molecular formula is C21H33IN6O. The Bertz CT molecular complexity index is 832. The number of aromatic nitrogens is 3. The molecule has 1 aromatic carbocycles. The molecule has 160 valence electrons. The number of ether oxygens (including phenoxy) is 1. The normalized spacial score (nSPS) is 16.6. The number of fused-ring (bicyclic) bond motifs is 1. The molecule has 1 unspecified atom stereocenters. The van der Waals surface area contributed by atoms with E-state index in [1.165, 1.54) is 5.56 Å². The lowest BCUT2D eigenvalue weighted by atomic mass is 9.84. The summed E-state index contributed by atoms with van der Waals surface area (Å²) in [5, 5.41) is 11.6. The number of nitrogens with zero attached hydrogens (tertiary/aromatic N) is 4. The van der Waals surface area contributed by atoms with Gasteiger partial charge in [0, 0.05) is 37.9 Å². The van der Waals surface area contributed by atoms with E-state index >= 15 is 0 Å². The maximum Gasteiger partial charge on any atom is 0.191 e. The molecule has 0 fully saturated rings. The van der Waals surface area contributed by atoms with Crippen molar-refractivity contribution >= 4 is 29.9 Å². The van der Waals surface area contributed by atoms with Gasteiger partial charge in [-0.3, -0.25) is 4.99 Å². The van der Waals surface area contributed by atoms with E-state index < -0.39 is 0 Å². The first kappa shape index (κ1) is 23.4. The van der Waals surface area contributed by atoms with Crippen molar-refractivity contribution in [3.63, 3.8) is 0 Å². The van der Waals surface area contributed by atoms with Crippen molar-refractivity contribution in [2.24, 2.45) is 4.99 Å². The van der Waals surface area contributed by atoms with E-state index in [0.29, 0.717) is 6.04 Å². The Labute approximate surface area is 190 Å². The van der Waals surface area contributed by atoms with Crippen LogP contribution in [0, 0.1) is 0 Å². The summed E-state index contributed by atoms with van der Waals surface area (Å²) in [7, 11) is 3.51. The summed E-state index contributed by atoms with van der Waals surface area (Å²) in [6.07, 6.45) is 2.85. The zero-order valence-corrected chi connectivity index (χ0v) is 20.4. The second kappa shape index (κ2) is 10.3. The standard InChI is InChI=1S/C21H32N6O.HI/c1-6-18-25-19-11-10-16(13-27(19)26-18)24-20(22-4)23-14-21(2,3)15-8-7-9-17(12-15)28-5;/h7-9,12,16H,6,10-11,13-14H2,1-5H3,(H2,22,23,24);1H. The van der Waals surface area contributed by atoms with Gasteiger partial charge < -0.3 is 15.4 Å². The van der Waals surface area contributed by atoms with Gasteiger partial charge in [-0.2, -0.15) is 5.10 Å². The molecule has 2 heterocycles. The molecule has 3 rings (SSSR count). The van der Waals surface area contributed by atoms with Crippen LogP contribution in [0.3, 0.4) is 0 Å². The first-order chi connectivity index (χ1) is 13.4. The Morgan fingerprint density at radius 3 is 2.86 bits per heavy atom. The molecule has 7 nitrogen and oxygen atoms in total. The third-order valence-electron chi connectivity index (χ3n) is 5.33. The first-order valence-electron chi connectivity index (χ1n) is 9.99. The minimum absolute atomic E-state index is 0. The largest absolute Gasteiger partial charge is 0.497 e. The van der Waals surface area contributed by atoms with Crippen LogP contribution in [0.25, 0.3) is 0 Å². The Morgan fingerprint density at radius 1 is 1.38 bits per heavy atom. The molecule has 0 aliphatic carbocycles. The quantitative estimate of drug-likeness (QED) is 0.354. The van der Waals surface area contributed by atoms with E-state index in [1.54, 1.807) is 7.11 Å². The van der Waals surface area contributed by atoms with Crippen LogP contribution < -0.4 is 15.4 Å². The number of aryl methyl sites for hydroxylation is 2. The lowest BCUT2D eigenvalue weighted by Gasteiger charge is -2.29. The molecule has 1 aliphatic rings. The highest BCUT2D eigenvalue weighted by Gasteiger charge is 2.24. The molecule has 1 aromatic heterocycles. The Balaban J connectivity index is 0.00000300. The van der Waals surface area contributed by atoms with Gasteiger partial charge in [0.25, 0.3) is 0 Å². The number of hydrogen-bond acceptors (Lipinski definition) is 4. The molecular weight excluding hydrogens is 479 g/mol.